The maximum Gasteiger partial charge on any atom is 0.229 e. The van der Waals surface area contributed by atoms with E-state index in [1.165, 1.54) is 0 Å². The second-order valence-electron chi connectivity index (χ2n) is 7.11. The van der Waals surface area contributed by atoms with Crippen LogP contribution in [0, 0.1) is 4.78 Å². The number of nitrogens with zero attached hydrogens (tertiary/aromatic N) is 2. The highest BCUT2D eigenvalue weighted by Gasteiger charge is 2.33. The standard InChI is InChI=1S/C20H23N5O2S2/c1-13(12-26)23-19-17(18-3-2-10-28-18)11-22-20(25-19)24-14-4-6-15(7-5-14)29(21,27)16-8-9-16/h2-7,10-11,13,16,21,26H,8-9,12H2,1H3,(H2,22,23,24,25)/t13-,29+/m1/s1. The van der Waals surface area contributed by atoms with Gasteiger partial charge in [0.2, 0.25) is 5.95 Å². The molecule has 0 bridgehead atoms. The number of aromatic nitrogens is 2. The van der Waals surface area contributed by atoms with Gasteiger partial charge < -0.3 is 15.7 Å². The van der Waals surface area contributed by atoms with Gasteiger partial charge in [-0.2, -0.15) is 4.98 Å². The maximum absolute atomic E-state index is 12.5. The minimum absolute atomic E-state index is 0.00316. The number of hydrogen-bond donors (Lipinski definition) is 4. The number of benzene rings is 1. The van der Waals surface area contributed by atoms with E-state index in [-0.39, 0.29) is 17.9 Å². The average Bonchev–Trinajstić information content (AvgIpc) is 3.45. The number of anilines is 3. The van der Waals surface area contributed by atoms with E-state index in [0.717, 1.165) is 29.0 Å². The molecule has 1 fully saturated rings. The quantitative estimate of drug-likeness (QED) is 0.425. The van der Waals surface area contributed by atoms with Crippen LogP contribution >= 0.6 is 11.3 Å². The van der Waals surface area contributed by atoms with Crippen molar-refractivity contribution in [3.8, 4) is 10.4 Å². The molecule has 29 heavy (non-hydrogen) atoms. The predicted octanol–water partition coefficient (Wildman–Crippen LogP) is 4.31. The highest BCUT2D eigenvalue weighted by Crippen LogP contribution is 2.35. The third-order valence-corrected chi connectivity index (χ3v) is 7.97. The van der Waals surface area contributed by atoms with Crippen molar-refractivity contribution >= 4 is 38.5 Å². The maximum atomic E-state index is 12.5. The lowest BCUT2D eigenvalue weighted by atomic mass is 10.2. The van der Waals surface area contributed by atoms with Gasteiger partial charge in [0, 0.05) is 32.9 Å². The van der Waals surface area contributed by atoms with Crippen LogP contribution in [0.25, 0.3) is 10.4 Å². The van der Waals surface area contributed by atoms with E-state index in [9.17, 15) is 9.32 Å². The Morgan fingerprint density at radius 2 is 2.07 bits per heavy atom. The van der Waals surface area contributed by atoms with Crippen molar-refractivity contribution in [3.05, 3.63) is 48.0 Å². The Hall–Kier alpha value is -2.49. The van der Waals surface area contributed by atoms with E-state index >= 15 is 0 Å². The lowest BCUT2D eigenvalue weighted by Gasteiger charge is -2.16. The minimum Gasteiger partial charge on any atom is -0.394 e. The van der Waals surface area contributed by atoms with Crippen molar-refractivity contribution in [3.63, 3.8) is 0 Å². The van der Waals surface area contributed by atoms with Crippen LogP contribution in [-0.2, 0) is 9.73 Å². The fourth-order valence-electron chi connectivity index (χ4n) is 2.91. The van der Waals surface area contributed by atoms with Crippen molar-refractivity contribution in [2.45, 2.75) is 36.0 Å². The van der Waals surface area contributed by atoms with E-state index in [1.807, 2.05) is 24.4 Å². The van der Waals surface area contributed by atoms with E-state index in [1.54, 1.807) is 41.8 Å². The molecule has 4 rings (SSSR count). The van der Waals surface area contributed by atoms with Gasteiger partial charge in [0.15, 0.2) is 0 Å². The van der Waals surface area contributed by atoms with Gasteiger partial charge in [0.1, 0.15) is 5.82 Å². The van der Waals surface area contributed by atoms with Gasteiger partial charge in [-0.3, -0.25) is 0 Å². The summed E-state index contributed by atoms with van der Waals surface area (Å²) in [7, 11) is -2.70. The second kappa shape index (κ2) is 8.10. The molecule has 7 nitrogen and oxygen atoms in total. The van der Waals surface area contributed by atoms with Crippen LogP contribution in [0.4, 0.5) is 17.5 Å². The molecule has 2 heterocycles. The van der Waals surface area contributed by atoms with Crippen LogP contribution in [0.3, 0.4) is 0 Å². The van der Waals surface area contributed by atoms with Crippen molar-refractivity contribution in [2.75, 3.05) is 17.2 Å². The molecule has 2 atom stereocenters. The number of thiophene rings is 1. The highest BCUT2D eigenvalue weighted by atomic mass is 32.2. The zero-order valence-electron chi connectivity index (χ0n) is 16.0. The van der Waals surface area contributed by atoms with Crippen molar-refractivity contribution in [2.24, 2.45) is 0 Å². The molecule has 0 amide bonds. The lowest BCUT2D eigenvalue weighted by molar-refractivity contribution is 0.281. The lowest BCUT2D eigenvalue weighted by Crippen LogP contribution is -2.21. The summed E-state index contributed by atoms with van der Waals surface area (Å²) in [5.41, 5.74) is 1.63. The Kier molecular flexibility index (Phi) is 5.53. The number of aliphatic hydroxyl groups is 1. The van der Waals surface area contributed by atoms with E-state index in [0.29, 0.717) is 16.7 Å². The molecule has 0 aliphatic heterocycles. The van der Waals surface area contributed by atoms with Gasteiger partial charge >= 0.3 is 0 Å². The van der Waals surface area contributed by atoms with Crippen molar-refractivity contribution in [1.82, 2.24) is 9.97 Å². The minimum atomic E-state index is -2.70. The summed E-state index contributed by atoms with van der Waals surface area (Å²) in [5.74, 6) is 1.06. The fourth-order valence-corrected chi connectivity index (χ4v) is 5.37. The highest BCUT2D eigenvalue weighted by molar-refractivity contribution is 7.93. The summed E-state index contributed by atoms with van der Waals surface area (Å²) < 4.78 is 20.7. The molecular weight excluding hydrogens is 406 g/mol. The third kappa shape index (κ3) is 4.42. The van der Waals surface area contributed by atoms with Gasteiger partial charge in [-0.15, -0.1) is 11.3 Å². The van der Waals surface area contributed by atoms with Crippen LogP contribution in [0.2, 0.25) is 0 Å². The Bertz CT molecular complexity index is 1080. The van der Waals surface area contributed by atoms with E-state index in [4.69, 9.17) is 4.78 Å². The normalized spacial score (nSPS) is 16.8. The molecule has 9 heteroatoms. The number of rotatable bonds is 8. The summed E-state index contributed by atoms with van der Waals surface area (Å²) in [4.78, 5) is 10.6. The van der Waals surface area contributed by atoms with Gasteiger partial charge in [-0.05, 0) is 55.5 Å². The molecule has 0 unspecified atom stereocenters. The van der Waals surface area contributed by atoms with Crippen LogP contribution in [0.1, 0.15) is 19.8 Å². The molecule has 1 aliphatic carbocycles. The predicted molar refractivity (Wildman–Crippen MR) is 117 cm³/mol. The molecule has 0 saturated heterocycles. The average molecular weight is 430 g/mol. The number of hydrogen-bond acceptors (Lipinski definition) is 8. The topological polar surface area (TPSA) is 111 Å². The first-order valence-electron chi connectivity index (χ1n) is 9.40. The Morgan fingerprint density at radius 1 is 1.31 bits per heavy atom. The Balaban J connectivity index is 1.57. The smallest absolute Gasteiger partial charge is 0.229 e. The molecule has 3 aromatic rings. The first kappa shape index (κ1) is 19.8. The van der Waals surface area contributed by atoms with E-state index < -0.39 is 9.73 Å². The summed E-state index contributed by atoms with van der Waals surface area (Å²) in [6.45, 7) is 1.87. The molecular formula is C20H23N5O2S2. The van der Waals surface area contributed by atoms with Crippen LogP contribution in [-0.4, -0.2) is 37.2 Å². The molecule has 152 valence electrons. The Labute approximate surface area is 174 Å². The second-order valence-corrected chi connectivity index (χ2v) is 10.4. The molecule has 4 N–H and O–H groups in total. The summed E-state index contributed by atoms with van der Waals surface area (Å²) in [5, 5.41) is 17.8. The molecule has 1 saturated carbocycles. The summed E-state index contributed by atoms with van der Waals surface area (Å²) in [6, 6.07) is 10.9. The van der Waals surface area contributed by atoms with Crippen LogP contribution < -0.4 is 10.6 Å². The monoisotopic (exact) mass is 429 g/mol. The summed E-state index contributed by atoms with van der Waals surface area (Å²) in [6.07, 6.45) is 3.50. The Morgan fingerprint density at radius 3 is 2.69 bits per heavy atom. The third-order valence-electron chi connectivity index (χ3n) is 4.69. The number of nitrogens with one attached hydrogen (secondary N) is 3. The van der Waals surface area contributed by atoms with Crippen LogP contribution in [0.15, 0.2) is 52.9 Å². The summed E-state index contributed by atoms with van der Waals surface area (Å²) >= 11 is 1.60. The van der Waals surface area contributed by atoms with Gasteiger partial charge in [0.25, 0.3) is 0 Å². The van der Waals surface area contributed by atoms with E-state index in [2.05, 4.69) is 20.6 Å². The van der Waals surface area contributed by atoms with Crippen LogP contribution in [0.5, 0.6) is 0 Å². The number of aliphatic hydroxyl groups excluding tert-OH is 1. The van der Waals surface area contributed by atoms with Crippen molar-refractivity contribution < 1.29 is 9.32 Å². The van der Waals surface area contributed by atoms with Gasteiger partial charge in [0.05, 0.1) is 21.9 Å². The molecule has 2 aromatic heterocycles. The van der Waals surface area contributed by atoms with Gasteiger partial charge in [-0.25, -0.2) is 14.0 Å². The zero-order valence-corrected chi connectivity index (χ0v) is 17.6. The first-order chi connectivity index (χ1) is 14.0. The molecule has 0 radical (unpaired) electrons. The fraction of sp³-hybridized carbons (Fsp3) is 0.300. The SMILES string of the molecule is C[C@H](CO)Nc1nc(Nc2ccc([S@](=N)(=O)C3CC3)cc2)ncc1-c1cccs1. The van der Waals surface area contributed by atoms with Gasteiger partial charge in [-0.1, -0.05) is 6.07 Å². The van der Waals surface area contributed by atoms with Crippen molar-refractivity contribution in [1.29, 1.82) is 4.78 Å². The molecule has 1 aliphatic rings. The zero-order chi connectivity index (χ0) is 20.4. The molecule has 1 aromatic carbocycles. The molecule has 0 spiro atoms. The largest absolute Gasteiger partial charge is 0.394 e. The first-order valence-corrected chi connectivity index (χ1v) is 11.9.